The Balaban J connectivity index is 1.94. The maximum Gasteiger partial charge on any atom is 0.256 e. The van der Waals surface area contributed by atoms with E-state index in [1.54, 1.807) is 13.2 Å². The number of hydrogen-bond donors (Lipinski definition) is 1. The average molecular weight is 329 g/mol. The van der Waals surface area contributed by atoms with Crippen LogP contribution in [0.5, 0.6) is 5.75 Å². The summed E-state index contributed by atoms with van der Waals surface area (Å²) in [5.74, 6) is 0.536. The van der Waals surface area contributed by atoms with Crippen LogP contribution < -0.4 is 10.1 Å². The van der Waals surface area contributed by atoms with Crippen LogP contribution in [0.4, 0.5) is 5.69 Å². The zero-order valence-electron chi connectivity index (χ0n) is 14.0. The topological polar surface area (TPSA) is 38.3 Å². The lowest BCUT2D eigenvalue weighted by Crippen LogP contribution is -2.13. The normalized spacial score (nSPS) is 11.0. The van der Waals surface area contributed by atoms with E-state index >= 15 is 0 Å². The summed E-state index contributed by atoms with van der Waals surface area (Å²) < 4.78 is 5.21. The van der Waals surface area contributed by atoms with E-state index < -0.39 is 0 Å². The van der Waals surface area contributed by atoms with Gasteiger partial charge in [-0.3, -0.25) is 4.79 Å². The van der Waals surface area contributed by atoms with Crippen molar-refractivity contribution in [2.24, 2.45) is 0 Å². The molecule has 0 aromatic heterocycles. The minimum atomic E-state index is -0.164. The molecule has 25 heavy (non-hydrogen) atoms. The molecule has 3 heteroatoms. The van der Waals surface area contributed by atoms with Crippen molar-refractivity contribution in [3.05, 3.63) is 96.1 Å². The molecule has 0 aliphatic rings. The molecule has 0 unspecified atom stereocenters. The monoisotopic (exact) mass is 329 g/mol. The summed E-state index contributed by atoms with van der Waals surface area (Å²) in [6.45, 7) is 0. The Bertz CT molecular complexity index is 871. The highest BCUT2D eigenvalue weighted by Gasteiger charge is 2.12. The zero-order valence-corrected chi connectivity index (χ0v) is 14.0. The first-order valence-electron chi connectivity index (χ1n) is 8.04. The van der Waals surface area contributed by atoms with Gasteiger partial charge in [0.25, 0.3) is 5.91 Å². The lowest BCUT2D eigenvalue weighted by Gasteiger charge is -2.11. The Labute approximate surface area is 147 Å². The van der Waals surface area contributed by atoms with Gasteiger partial charge in [0, 0.05) is 17.3 Å². The zero-order chi connectivity index (χ0) is 17.5. The first-order valence-corrected chi connectivity index (χ1v) is 8.04. The van der Waals surface area contributed by atoms with E-state index in [1.807, 2.05) is 84.9 Å². The number of carbonyl (C=O) groups is 1. The van der Waals surface area contributed by atoms with Gasteiger partial charge in [-0.1, -0.05) is 66.7 Å². The highest BCUT2D eigenvalue weighted by molar-refractivity contribution is 6.29. The third kappa shape index (κ3) is 4.36. The second kappa shape index (κ2) is 7.97. The summed E-state index contributed by atoms with van der Waals surface area (Å²) in [6.07, 6.45) is 1.89. The van der Waals surface area contributed by atoms with Gasteiger partial charge in [0.1, 0.15) is 5.75 Å². The van der Waals surface area contributed by atoms with E-state index in [0.717, 1.165) is 11.1 Å². The van der Waals surface area contributed by atoms with Gasteiger partial charge in [0.05, 0.1) is 7.11 Å². The summed E-state index contributed by atoms with van der Waals surface area (Å²) in [5.41, 5.74) is 3.14. The van der Waals surface area contributed by atoms with Crippen molar-refractivity contribution >= 4 is 23.2 Å². The quantitative estimate of drug-likeness (QED) is 0.535. The van der Waals surface area contributed by atoms with E-state index in [4.69, 9.17) is 4.74 Å². The minimum absolute atomic E-state index is 0.164. The molecule has 3 nitrogen and oxygen atoms in total. The largest absolute Gasteiger partial charge is 0.497 e. The van der Waals surface area contributed by atoms with Gasteiger partial charge in [-0.25, -0.2) is 0 Å². The predicted octanol–water partition coefficient (Wildman–Crippen LogP) is 4.87. The summed E-state index contributed by atoms with van der Waals surface area (Å²) >= 11 is 0. The molecule has 3 rings (SSSR count). The number of nitrogens with one attached hydrogen (secondary N) is 1. The van der Waals surface area contributed by atoms with Crippen LogP contribution in [0.1, 0.15) is 11.1 Å². The lowest BCUT2D eigenvalue weighted by atomic mass is 10.0. The van der Waals surface area contributed by atoms with Crippen LogP contribution in [0.15, 0.2) is 84.9 Å². The number of ether oxygens (including phenoxy) is 1. The average Bonchev–Trinajstić information content (AvgIpc) is 2.67. The Kier molecular flexibility index (Phi) is 5.27. The predicted molar refractivity (Wildman–Crippen MR) is 102 cm³/mol. The molecular formula is C22H19NO2. The van der Waals surface area contributed by atoms with Crippen LogP contribution in [0, 0.1) is 0 Å². The molecule has 0 aliphatic carbocycles. The highest BCUT2D eigenvalue weighted by atomic mass is 16.5. The van der Waals surface area contributed by atoms with Gasteiger partial charge < -0.3 is 10.1 Å². The van der Waals surface area contributed by atoms with Crippen LogP contribution in [0.3, 0.4) is 0 Å². The minimum Gasteiger partial charge on any atom is -0.497 e. The van der Waals surface area contributed by atoms with E-state index in [-0.39, 0.29) is 5.91 Å². The van der Waals surface area contributed by atoms with Crippen LogP contribution in [-0.2, 0) is 4.79 Å². The molecule has 1 amide bonds. The van der Waals surface area contributed by atoms with Crippen molar-refractivity contribution in [3.63, 3.8) is 0 Å². The molecule has 0 bridgehead atoms. The Hall–Kier alpha value is -3.33. The van der Waals surface area contributed by atoms with E-state index in [2.05, 4.69) is 5.32 Å². The second-order valence-corrected chi connectivity index (χ2v) is 5.52. The molecule has 124 valence electrons. The molecule has 0 saturated heterocycles. The van der Waals surface area contributed by atoms with Gasteiger partial charge >= 0.3 is 0 Å². The van der Waals surface area contributed by atoms with Crippen molar-refractivity contribution in [3.8, 4) is 5.75 Å². The van der Waals surface area contributed by atoms with Crippen molar-refractivity contribution in [2.45, 2.75) is 0 Å². The van der Waals surface area contributed by atoms with E-state index in [1.165, 1.54) is 0 Å². The van der Waals surface area contributed by atoms with Gasteiger partial charge in [-0.2, -0.15) is 0 Å². The number of amides is 1. The van der Waals surface area contributed by atoms with Crippen LogP contribution >= 0.6 is 0 Å². The molecule has 0 heterocycles. The molecule has 0 spiro atoms. The molecule has 0 saturated carbocycles. The smallest absolute Gasteiger partial charge is 0.256 e. The van der Waals surface area contributed by atoms with Crippen LogP contribution in [0.25, 0.3) is 11.6 Å². The molecule has 3 aromatic rings. The van der Waals surface area contributed by atoms with Gasteiger partial charge in [0.2, 0.25) is 0 Å². The maximum absolute atomic E-state index is 12.9. The fraction of sp³-hybridized carbons (Fsp3) is 0.0455. The molecule has 0 radical (unpaired) electrons. The SMILES string of the molecule is COc1cccc(NC(=O)/C(=C\c2ccccc2)c2ccccc2)c1. The van der Waals surface area contributed by atoms with E-state index in [9.17, 15) is 4.79 Å². The maximum atomic E-state index is 12.9. The number of carbonyl (C=O) groups excluding carboxylic acids is 1. The number of benzene rings is 3. The highest BCUT2D eigenvalue weighted by Crippen LogP contribution is 2.22. The van der Waals surface area contributed by atoms with E-state index in [0.29, 0.717) is 17.0 Å². The summed E-state index contributed by atoms with van der Waals surface area (Å²) in [7, 11) is 1.60. The molecule has 1 N–H and O–H groups in total. The Morgan fingerprint density at radius 1 is 0.880 bits per heavy atom. The number of anilines is 1. The number of rotatable bonds is 5. The van der Waals surface area contributed by atoms with Crippen molar-refractivity contribution in [1.82, 2.24) is 0 Å². The molecule has 0 atom stereocenters. The Morgan fingerprint density at radius 3 is 2.24 bits per heavy atom. The standard InChI is InChI=1S/C22H19NO2/c1-25-20-14-8-13-19(16-20)23-22(24)21(18-11-6-3-7-12-18)15-17-9-4-2-5-10-17/h2-16H,1H3,(H,23,24)/b21-15-. The van der Waals surface area contributed by atoms with Crippen molar-refractivity contribution in [1.29, 1.82) is 0 Å². The molecular weight excluding hydrogens is 310 g/mol. The number of methoxy groups -OCH3 is 1. The third-order valence-corrected chi connectivity index (χ3v) is 3.77. The Morgan fingerprint density at radius 2 is 1.56 bits per heavy atom. The lowest BCUT2D eigenvalue weighted by molar-refractivity contribution is -0.111. The summed E-state index contributed by atoms with van der Waals surface area (Å²) in [6, 6.07) is 26.8. The molecule has 3 aromatic carbocycles. The third-order valence-electron chi connectivity index (χ3n) is 3.77. The summed E-state index contributed by atoms with van der Waals surface area (Å²) in [4.78, 5) is 12.9. The van der Waals surface area contributed by atoms with Gasteiger partial charge in [-0.05, 0) is 29.3 Å². The molecule has 0 aliphatic heterocycles. The van der Waals surface area contributed by atoms with Crippen molar-refractivity contribution in [2.75, 3.05) is 12.4 Å². The first-order chi connectivity index (χ1) is 12.3. The van der Waals surface area contributed by atoms with Crippen LogP contribution in [-0.4, -0.2) is 13.0 Å². The van der Waals surface area contributed by atoms with Crippen molar-refractivity contribution < 1.29 is 9.53 Å². The fourth-order valence-corrected chi connectivity index (χ4v) is 2.51. The first kappa shape index (κ1) is 16.5. The van der Waals surface area contributed by atoms with Gasteiger partial charge in [0.15, 0.2) is 0 Å². The van der Waals surface area contributed by atoms with Crippen LogP contribution in [0.2, 0.25) is 0 Å². The second-order valence-electron chi connectivity index (χ2n) is 5.52. The molecule has 0 fully saturated rings. The number of hydrogen-bond acceptors (Lipinski definition) is 2. The van der Waals surface area contributed by atoms with Gasteiger partial charge in [-0.15, -0.1) is 0 Å². The summed E-state index contributed by atoms with van der Waals surface area (Å²) in [5, 5.41) is 2.95. The fourth-order valence-electron chi connectivity index (χ4n) is 2.51.